The molecule has 0 unspecified atom stereocenters. The first kappa shape index (κ1) is 14.6. The van der Waals surface area contributed by atoms with Gasteiger partial charge in [-0.15, -0.1) is 0 Å². The van der Waals surface area contributed by atoms with E-state index in [2.05, 4.69) is 5.10 Å². The molecule has 2 rings (SSSR count). The highest BCUT2D eigenvalue weighted by atomic mass is 16.4. The Balaban J connectivity index is 2.20. The number of hydrogen-bond acceptors (Lipinski definition) is 3. The first-order valence-corrected chi connectivity index (χ1v) is 7.12. The van der Waals surface area contributed by atoms with Crippen molar-refractivity contribution in [2.75, 3.05) is 13.1 Å². The lowest BCUT2D eigenvalue weighted by Crippen LogP contribution is -2.38. The van der Waals surface area contributed by atoms with E-state index < -0.39 is 5.97 Å². The normalized spacial score (nSPS) is 14.3. The largest absolute Gasteiger partial charge is 0.480 e. The molecule has 1 aliphatic rings. The maximum atomic E-state index is 12.6. The van der Waals surface area contributed by atoms with Crippen LogP contribution < -0.4 is 0 Å². The minimum absolute atomic E-state index is 0.228. The van der Waals surface area contributed by atoms with Gasteiger partial charge in [0.25, 0.3) is 5.91 Å². The predicted molar refractivity (Wildman–Crippen MR) is 73.5 cm³/mol. The summed E-state index contributed by atoms with van der Waals surface area (Å²) in [4.78, 5) is 24.9. The molecule has 20 heavy (non-hydrogen) atoms. The lowest BCUT2D eigenvalue weighted by atomic mass is 10.2. The van der Waals surface area contributed by atoms with Gasteiger partial charge < -0.3 is 10.0 Å². The Morgan fingerprint density at radius 1 is 1.45 bits per heavy atom. The standard InChI is InChI=1S/C14H21N3O3/c1-3-11-7-12(17(4-2)15-11)14(20)16(9-13(18)19)8-10-5-6-10/h7,10H,3-6,8-9H2,1-2H3,(H,18,19). The Labute approximate surface area is 118 Å². The summed E-state index contributed by atoms with van der Waals surface area (Å²) in [6, 6.07) is 1.77. The lowest BCUT2D eigenvalue weighted by Gasteiger charge is -2.20. The van der Waals surface area contributed by atoms with Gasteiger partial charge in [0.15, 0.2) is 0 Å². The number of carboxylic acids is 1. The molecule has 1 N–H and O–H groups in total. The molecule has 1 saturated carbocycles. The van der Waals surface area contributed by atoms with Gasteiger partial charge in [0.1, 0.15) is 12.2 Å². The molecule has 0 aromatic carbocycles. The van der Waals surface area contributed by atoms with Crippen LogP contribution in [0.3, 0.4) is 0 Å². The van der Waals surface area contributed by atoms with Gasteiger partial charge in [-0.1, -0.05) is 6.92 Å². The van der Waals surface area contributed by atoms with Crippen molar-refractivity contribution < 1.29 is 14.7 Å². The molecule has 1 aliphatic carbocycles. The van der Waals surface area contributed by atoms with Crippen LogP contribution in [0.25, 0.3) is 0 Å². The maximum Gasteiger partial charge on any atom is 0.323 e. The van der Waals surface area contributed by atoms with Crippen molar-refractivity contribution in [3.05, 3.63) is 17.5 Å². The molecule has 0 aliphatic heterocycles. The SMILES string of the molecule is CCc1cc(C(=O)N(CC(=O)O)CC2CC2)n(CC)n1. The second-order valence-corrected chi connectivity index (χ2v) is 5.21. The number of hydrogen-bond donors (Lipinski definition) is 1. The van der Waals surface area contributed by atoms with Crippen molar-refractivity contribution in [1.82, 2.24) is 14.7 Å². The number of carboxylic acid groups (broad SMARTS) is 1. The number of aryl methyl sites for hydroxylation is 2. The average molecular weight is 279 g/mol. The quantitative estimate of drug-likeness (QED) is 0.818. The van der Waals surface area contributed by atoms with E-state index in [-0.39, 0.29) is 12.5 Å². The van der Waals surface area contributed by atoms with Crippen molar-refractivity contribution in [3.8, 4) is 0 Å². The lowest BCUT2D eigenvalue weighted by molar-refractivity contribution is -0.137. The van der Waals surface area contributed by atoms with Crippen LogP contribution in [0.4, 0.5) is 0 Å². The Bertz CT molecular complexity index is 506. The summed E-state index contributed by atoms with van der Waals surface area (Å²) >= 11 is 0. The summed E-state index contributed by atoms with van der Waals surface area (Å²) in [6.07, 6.45) is 2.92. The second-order valence-electron chi connectivity index (χ2n) is 5.21. The Morgan fingerprint density at radius 3 is 2.65 bits per heavy atom. The van der Waals surface area contributed by atoms with E-state index in [1.807, 2.05) is 13.8 Å². The molecule has 6 nitrogen and oxygen atoms in total. The van der Waals surface area contributed by atoms with Gasteiger partial charge in [0.2, 0.25) is 0 Å². The summed E-state index contributed by atoms with van der Waals surface area (Å²) in [7, 11) is 0. The minimum Gasteiger partial charge on any atom is -0.480 e. The van der Waals surface area contributed by atoms with E-state index >= 15 is 0 Å². The highest BCUT2D eigenvalue weighted by molar-refractivity contribution is 5.94. The third-order valence-corrected chi connectivity index (χ3v) is 3.50. The summed E-state index contributed by atoms with van der Waals surface area (Å²) in [5, 5.41) is 13.3. The van der Waals surface area contributed by atoms with Crippen LogP contribution in [-0.4, -0.2) is 44.8 Å². The van der Waals surface area contributed by atoms with Crippen LogP contribution in [-0.2, 0) is 17.8 Å². The molecule has 0 bridgehead atoms. The van der Waals surface area contributed by atoms with Gasteiger partial charge in [0, 0.05) is 13.1 Å². The zero-order chi connectivity index (χ0) is 14.7. The Morgan fingerprint density at radius 2 is 2.15 bits per heavy atom. The molecule has 1 aromatic rings. The smallest absolute Gasteiger partial charge is 0.323 e. The van der Waals surface area contributed by atoms with Gasteiger partial charge >= 0.3 is 5.97 Å². The van der Waals surface area contributed by atoms with Crippen molar-refractivity contribution >= 4 is 11.9 Å². The molecular weight excluding hydrogens is 258 g/mol. The number of carbonyl (C=O) groups is 2. The molecule has 1 aromatic heterocycles. The molecule has 0 saturated heterocycles. The van der Waals surface area contributed by atoms with Crippen molar-refractivity contribution in [1.29, 1.82) is 0 Å². The third-order valence-electron chi connectivity index (χ3n) is 3.50. The van der Waals surface area contributed by atoms with Crippen molar-refractivity contribution in [2.24, 2.45) is 5.92 Å². The first-order valence-electron chi connectivity index (χ1n) is 7.12. The number of amides is 1. The fourth-order valence-corrected chi connectivity index (χ4v) is 2.21. The summed E-state index contributed by atoms with van der Waals surface area (Å²) in [5.74, 6) is -0.743. The van der Waals surface area contributed by atoms with Gasteiger partial charge in [-0.05, 0) is 38.2 Å². The van der Waals surface area contributed by atoms with Crippen molar-refractivity contribution in [2.45, 2.75) is 39.7 Å². The van der Waals surface area contributed by atoms with Crippen LogP contribution in [0.2, 0.25) is 0 Å². The first-order chi connectivity index (χ1) is 9.55. The third kappa shape index (κ3) is 3.37. The molecule has 1 fully saturated rings. The molecule has 6 heteroatoms. The number of carbonyl (C=O) groups excluding carboxylic acids is 1. The molecule has 1 amide bonds. The van der Waals surface area contributed by atoms with Crippen LogP contribution >= 0.6 is 0 Å². The van der Waals surface area contributed by atoms with E-state index in [0.717, 1.165) is 25.0 Å². The summed E-state index contributed by atoms with van der Waals surface area (Å²) in [6.45, 7) is 4.79. The molecule has 0 radical (unpaired) electrons. The number of nitrogens with zero attached hydrogens (tertiary/aromatic N) is 3. The molecule has 1 heterocycles. The molecule has 0 atom stereocenters. The van der Waals surface area contributed by atoms with Crippen molar-refractivity contribution in [3.63, 3.8) is 0 Å². The van der Waals surface area contributed by atoms with Gasteiger partial charge in [-0.2, -0.15) is 5.10 Å². The van der Waals surface area contributed by atoms with E-state index in [1.165, 1.54) is 4.90 Å². The summed E-state index contributed by atoms with van der Waals surface area (Å²) in [5.41, 5.74) is 1.35. The monoisotopic (exact) mass is 279 g/mol. The maximum absolute atomic E-state index is 12.6. The highest BCUT2D eigenvalue weighted by Crippen LogP contribution is 2.30. The Hall–Kier alpha value is -1.85. The molecule has 0 spiro atoms. The summed E-state index contributed by atoms with van der Waals surface area (Å²) < 4.78 is 1.66. The highest BCUT2D eigenvalue weighted by Gasteiger charge is 2.29. The van der Waals surface area contributed by atoms with E-state index in [1.54, 1.807) is 10.7 Å². The number of aromatic nitrogens is 2. The Kier molecular flexibility index (Phi) is 4.42. The molecule has 110 valence electrons. The van der Waals surface area contributed by atoms with Gasteiger partial charge in [0.05, 0.1) is 5.69 Å². The topological polar surface area (TPSA) is 75.4 Å². The zero-order valence-corrected chi connectivity index (χ0v) is 12.0. The average Bonchev–Trinajstić information content (AvgIpc) is 3.13. The van der Waals surface area contributed by atoms with E-state index in [4.69, 9.17) is 5.11 Å². The fraction of sp³-hybridized carbons (Fsp3) is 0.643. The van der Waals surface area contributed by atoms with Crippen LogP contribution in [0.1, 0.15) is 42.9 Å². The second kappa shape index (κ2) is 6.07. The van der Waals surface area contributed by atoms with Gasteiger partial charge in [-0.3, -0.25) is 14.3 Å². The predicted octanol–water partition coefficient (Wildman–Crippen LogP) is 1.40. The fourth-order valence-electron chi connectivity index (χ4n) is 2.21. The minimum atomic E-state index is -0.975. The number of aliphatic carboxylic acids is 1. The van der Waals surface area contributed by atoms with Crippen LogP contribution in [0.5, 0.6) is 0 Å². The van der Waals surface area contributed by atoms with E-state index in [9.17, 15) is 9.59 Å². The van der Waals surface area contributed by atoms with E-state index in [0.29, 0.717) is 24.7 Å². The number of rotatable bonds is 7. The van der Waals surface area contributed by atoms with Gasteiger partial charge in [-0.25, -0.2) is 0 Å². The van der Waals surface area contributed by atoms with Crippen LogP contribution in [0.15, 0.2) is 6.07 Å². The molecular formula is C14H21N3O3. The van der Waals surface area contributed by atoms with Crippen LogP contribution in [0, 0.1) is 5.92 Å². The zero-order valence-electron chi connectivity index (χ0n) is 12.0.